The van der Waals surface area contributed by atoms with Gasteiger partial charge in [-0.05, 0) is 37.0 Å². The topological polar surface area (TPSA) is 12.9 Å². The van der Waals surface area contributed by atoms with Gasteiger partial charge in [-0.15, -0.1) is 0 Å². The van der Waals surface area contributed by atoms with E-state index in [2.05, 4.69) is 39.6 Å². The quantitative estimate of drug-likeness (QED) is 0.598. The molecule has 1 rings (SSSR count). The third-order valence-corrected chi connectivity index (χ3v) is 1.30. The van der Waals surface area contributed by atoms with Gasteiger partial charge in [0, 0.05) is 12.4 Å². The monoisotopic (exact) mass is 195 g/mol. The number of rotatable bonds is 0. The lowest BCUT2D eigenvalue weighted by atomic mass is 10.2. The van der Waals surface area contributed by atoms with Gasteiger partial charge in [-0.25, -0.2) is 0 Å². The number of hydrogen-bond acceptors (Lipinski definition) is 1. The van der Waals surface area contributed by atoms with E-state index < -0.39 is 0 Å². The molecule has 0 atom stereocenters. The summed E-state index contributed by atoms with van der Waals surface area (Å²) < 4.78 is 0. The minimum atomic E-state index is 0.833. The van der Waals surface area contributed by atoms with Crippen LogP contribution in [0, 0.1) is 19.8 Å². The zero-order valence-corrected chi connectivity index (χ0v) is 10.8. The fourth-order valence-electron chi connectivity index (χ4n) is 0.543. The fraction of sp³-hybridized carbons (Fsp3) is 0.615. The standard InChI is InChI=1S/C7H9N.C4H10.C2H6/c1-6-3-4-8-5-7(6)2;1-4(2)3;1-2/h3-5H,1-2H3;4H,1-3H3;1-2H3. The average Bonchev–Trinajstić information content (AvgIpc) is 2.13. The van der Waals surface area contributed by atoms with Crippen LogP contribution in [0.25, 0.3) is 0 Å². The third kappa shape index (κ3) is 11.2. The van der Waals surface area contributed by atoms with Gasteiger partial charge in [-0.3, -0.25) is 4.98 Å². The average molecular weight is 195 g/mol. The first-order chi connectivity index (χ1) is 6.54. The van der Waals surface area contributed by atoms with Gasteiger partial charge in [-0.1, -0.05) is 34.6 Å². The summed E-state index contributed by atoms with van der Waals surface area (Å²) in [5.74, 6) is 0.833. The number of aryl methyl sites for hydroxylation is 2. The fourth-order valence-corrected chi connectivity index (χ4v) is 0.543. The van der Waals surface area contributed by atoms with E-state index in [0.717, 1.165) is 5.92 Å². The lowest BCUT2D eigenvalue weighted by Gasteiger charge is -1.92. The zero-order valence-electron chi connectivity index (χ0n) is 10.8. The largest absolute Gasteiger partial charge is 0.264 e. The Kier molecular flexibility index (Phi) is 11.4. The molecule has 0 aliphatic heterocycles. The van der Waals surface area contributed by atoms with Crippen molar-refractivity contribution < 1.29 is 0 Å². The maximum absolute atomic E-state index is 3.95. The Hall–Kier alpha value is -0.850. The van der Waals surface area contributed by atoms with Crippen LogP contribution in [0.1, 0.15) is 45.7 Å². The molecule has 0 saturated heterocycles. The minimum absolute atomic E-state index is 0.833. The van der Waals surface area contributed by atoms with E-state index in [1.54, 1.807) is 0 Å². The molecule has 0 aliphatic carbocycles. The van der Waals surface area contributed by atoms with Crippen molar-refractivity contribution in [1.82, 2.24) is 4.98 Å². The Balaban J connectivity index is 0. The Bertz CT molecular complexity index is 192. The summed E-state index contributed by atoms with van der Waals surface area (Å²) in [4.78, 5) is 3.95. The summed E-state index contributed by atoms with van der Waals surface area (Å²) in [6, 6.07) is 2.01. The zero-order chi connectivity index (χ0) is 11.6. The SMILES string of the molecule is CC.CC(C)C.Cc1ccncc1C. The molecule has 0 aromatic carbocycles. The summed E-state index contributed by atoms with van der Waals surface area (Å²) in [6.45, 7) is 14.6. The molecule has 82 valence electrons. The molecule has 0 radical (unpaired) electrons. The van der Waals surface area contributed by atoms with Crippen LogP contribution in [0.2, 0.25) is 0 Å². The van der Waals surface area contributed by atoms with Crippen LogP contribution in [0.5, 0.6) is 0 Å². The molecule has 0 bridgehead atoms. The maximum atomic E-state index is 3.95. The maximum Gasteiger partial charge on any atom is 0.0299 e. The second-order valence-corrected chi connectivity index (χ2v) is 3.69. The summed E-state index contributed by atoms with van der Waals surface area (Å²) in [5.41, 5.74) is 2.56. The van der Waals surface area contributed by atoms with Crippen LogP contribution in [0.3, 0.4) is 0 Å². The highest BCUT2D eigenvalue weighted by atomic mass is 14.6. The van der Waals surface area contributed by atoms with Gasteiger partial charge in [0.15, 0.2) is 0 Å². The molecule has 0 amide bonds. The predicted octanol–water partition coefficient (Wildman–Crippen LogP) is 4.39. The Morgan fingerprint density at radius 2 is 1.43 bits per heavy atom. The van der Waals surface area contributed by atoms with Gasteiger partial charge in [-0.2, -0.15) is 0 Å². The van der Waals surface area contributed by atoms with Crippen molar-refractivity contribution in [3.05, 3.63) is 29.6 Å². The molecule has 1 heteroatoms. The number of pyridine rings is 1. The summed E-state index contributed by atoms with van der Waals surface area (Å²) in [7, 11) is 0. The Morgan fingerprint density at radius 1 is 1.00 bits per heavy atom. The molecule has 1 nitrogen and oxygen atoms in total. The van der Waals surface area contributed by atoms with Crippen molar-refractivity contribution in [3.8, 4) is 0 Å². The molecule has 0 spiro atoms. The van der Waals surface area contributed by atoms with E-state index in [9.17, 15) is 0 Å². The first kappa shape index (κ1) is 15.6. The van der Waals surface area contributed by atoms with Gasteiger partial charge in [0.25, 0.3) is 0 Å². The van der Waals surface area contributed by atoms with E-state index in [0.29, 0.717) is 0 Å². The second kappa shape index (κ2) is 10.2. The minimum Gasteiger partial charge on any atom is -0.264 e. The molecule has 0 saturated carbocycles. The Morgan fingerprint density at radius 3 is 1.64 bits per heavy atom. The molecule has 0 unspecified atom stereocenters. The van der Waals surface area contributed by atoms with Gasteiger partial charge in [0.05, 0.1) is 0 Å². The van der Waals surface area contributed by atoms with E-state index in [-0.39, 0.29) is 0 Å². The molecule has 0 aliphatic rings. The molecule has 1 aromatic rings. The molecule has 1 heterocycles. The van der Waals surface area contributed by atoms with Crippen LogP contribution in [0.4, 0.5) is 0 Å². The summed E-state index contributed by atoms with van der Waals surface area (Å²) >= 11 is 0. The van der Waals surface area contributed by atoms with Crippen molar-refractivity contribution in [1.29, 1.82) is 0 Å². The molecule has 0 fully saturated rings. The summed E-state index contributed by atoms with van der Waals surface area (Å²) in [6.07, 6.45) is 3.68. The van der Waals surface area contributed by atoms with Crippen LogP contribution in [0.15, 0.2) is 18.5 Å². The lowest BCUT2D eigenvalue weighted by molar-refractivity contribution is 0.737. The van der Waals surface area contributed by atoms with E-state index in [1.165, 1.54) is 11.1 Å². The first-order valence-electron chi connectivity index (χ1n) is 5.41. The van der Waals surface area contributed by atoms with Gasteiger partial charge in [0.1, 0.15) is 0 Å². The van der Waals surface area contributed by atoms with E-state index in [4.69, 9.17) is 0 Å². The van der Waals surface area contributed by atoms with E-state index in [1.807, 2.05) is 32.3 Å². The molecule has 1 aromatic heterocycles. The van der Waals surface area contributed by atoms with Crippen LogP contribution in [-0.2, 0) is 0 Å². The molecule has 14 heavy (non-hydrogen) atoms. The smallest absolute Gasteiger partial charge is 0.0299 e. The van der Waals surface area contributed by atoms with Crippen molar-refractivity contribution in [2.45, 2.75) is 48.5 Å². The number of hydrogen-bond donors (Lipinski definition) is 0. The molecule has 0 N–H and O–H groups in total. The summed E-state index contributed by atoms with van der Waals surface area (Å²) in [5, 5.41) is 0. The predicted molar refractivity (Wildman–Crippen MR) is 65.6 cm³/mol. The molecular formula is C13H25N. The molecular weight excluding hydrogens is 170 g/mol. The van der Waals surface area contributed by atoms with Crippen LogP contribution in [-0.4, -0.2) is 4.98 Å². The van der Waals surface area contributed by atoms with Crippen molar-refractivity contribution in [2.75, 3.05) is 0 Å². The lowest BCUT2D eigenvalue weighted by Crippen LogP contribution is -1.78. The van der Waals surface area contributed by atoms with E-state index >= 15 is 0 Å². The van der Waals surface area contributed by atoms with Gasteiger partial charge >= 0.3 is 0 Å². The number of nitrogens with zero attached hydrogens (tertiary/aromatic N) is 1. The third-order valence-electron chi connectivity index (χ3n) is 1.30. The first-order valence-corrected chi connectivity index (χ1v) is 5.41. The highest BCUT2D eigenvalue weighted by Crippen LogP contribution is 2.00. The van der Waals surface area contributed by atoms with Crippen molar-refractivity contribution in [2.24, 2.45) is 5.92 Å². The van der Waals surface area contributed by atoms with Gasteiger partial charge in [0.2, 0.25) is 0 Å². The van der Waals surface area contributed by atoms with Crippen molar-refractivity contribution >= 4 is 0 Å². The van der Waals surface area contributed by atoms with Gasteiger partial charge < -0.3 is 0 Å². The second-order valence-electron chi connectivity index (χ2n) is 3.69. The number of aromatic nitrogens is 1. The normalized spacial score (nSPS) is 8.29. The van der Waals surface area contributed by atoms with Crippen LogP contribution < -0.4 is 0 Å². The highest BCUT2D eigenvalue weighted by molar-refractivity contribution is 5.18. The van der Waals surface area contributed by atoms with Crippen molar-refractivity contribution in [3.63, 3.8) is 0 Å². The Labute approximate surface area is 89.6 Å². The van der Waals surface area contributed by atoms with Crippen LogP contribution >= 0.6 is 0 Å². The highest BCUT2D eigenvalue weighted by Gasteiger charge is 1.85.